The Bertz CT molecular complexity index is 311. The highest BCUT2D eigenvalue weighted by Crippen LogP contribution is 2.29. The average Bonchev–Trinajstić information content (AvgIpc) is 2.26. The minimum atomic E-state index is -0.724. The number of carboxylic acids is 1. The lowest BCUT2D eigenvalue weighted by Gasteiger charge is -2.17. The molecule has 2 nitrogen and oxygen atoms in total. The molecular formula is C12H16O2S. The molecule has 0 saturated carbocycles. The lowest BCUT2D eigenvalue weighted by molar-refractivity contribution is -0.137. The summed E-state index contributed by atoms with van der Waals surface area (Å²) in [6.45, 7) is 4.00. The van der Waals surface area contributed by atoms with Crippen LogP contribution in [-0.4, -0.2) is 16.3 Å². The summed E-state index contributed by atoms with van der Waals surface area (Å²) in [6.07, 6.45) is 0.886. The first-order valence-corrected chi connectivity index (χ1v) is 5.97. The van der Waals surface area contributed by atoms with Crippen molar-refractivity contribution in [2.24, 2.45) is 5.92 Å². The fraction of sp³-hybridized carbons (Fsp3) is 0.417. The Morgan fingerprint density at radius 3 is 2.47 bits per heavy atom. The summed E-state index contributed by atoms with van der Waals surface area (Å²) >= 11 is 1.43. The van der Waals surface area contributed by atoms with Gasteiger partial charge in [0, 0.05) is 4.90 Å². The maximum absolute atomic E-state index is 11.1. The van der Waals surface area contributed by atoms with Gasteiger partial charge in [-0.05, 0) is 18.1 Å². The molecular weight excluding hydrogens is 208 g/mol. The molecule has 2 atom stereocenters. The number of carbonyl (C=O) groups is 1. The van der Waals surface area contributed by atoms with Gasteiger partial charge in [0.25, 0.3) is 0 Å². The van der Waals surface area contributed by atoms with E-state index in [1.54, 1.807) is 0 Å². The summed E-state index contributed by atoms with van der Waals surface area (Å²) in [7, 11) is 0. The van der Waals surface area contributed by atoms with Crippen LogP contribution < -0.4 is 0 Å². The van der Waals surface area contributed by atoms with Gasteiger partial charge < -0.3 is 5.11 Å². The van der Waals surface area contributed by atoms with E-state index >= 15 is 0 Å². The van der Waals surface area contributed by atoms with Gasteiger partial charge in [0.15, 0.2) is 0 Å². The van der Waals surface area contributed by atoms with Crippen molar-refractivity contribution in [1.29, 1.82) is 0 Å². The van der Waals surface area contributed by atoms with E-state index in [1.807, 2.05) is 44.2 Å². The minimum absolute atomic E-state index is 0.188. The van der Waals surface area contributed by atoms with Crippen LogP contribution in [0.1, 0.15) is 20.3 Å². The fourth-order valence-corrected chi connectivity index (χ4v) is 2.40. The van der Waals surface area contributed by atoms with Crippen LogP contribution in [0.15, 0.2) is 35.2 Å². The number of carboxylic acid groups (broad SMARTS) is 1. The van der Waals surface area contributed by atoms with E-state index in [1.165, 1.54) is 11.8 Å². The van der Waals surface area contributed by atoms with E-state index in [0.717, 1.165) is 11.3 Å². The van der Waals surface area contributed by atoms with Crippen LogP contribution in [0.25, 0.3) is 0 Å². The maximum Gasteiger partial charge on any atom is 0.317 e. The first-order chi connectivity index (χ1) is 7.15. The molecule has 0 aromatic heterocycles. The third-order valence-corrected chi connectivity index (χ3v) is 3.87. The molecule has 0 radical (unpaired) electrons. The van der Waals surface area contributed by atoms with Gasteiger partial charge in [-0.1, -0.05) is 38.5 Å². The summed E-state index contributed by atoms with van der Waals surface area (Å²) < 4.78 is 0. The van der Waals surface area contributed by atoms with Gasteiger partial charge in [0.2, 0.25) is 0 Å². The first kappa shape index (κ1) is 12.1. The van der Waals surface area contributed by atoms with Crippen molar-refractivity contribution >= 4 is 17.7 Å². The molecule has 0 bridgehead atoms. The topological polar surface area (TPSA) is 37.3 Å². The van der Waals surface area contributed by atoms with Crippen molar-refractivity contribution in [1.82, 2.24) is 0 Å². The molecule has 0 aliphatic rings. The average molecular weight is 224 g/mol. The third kappa shape index (κ3) is 3.59. The smallest absolute Gasteiger partial charge is 0.317 e. The van der Waals surface area contributed by atoms with Gasteiger partial charge in [-0.25, -0.2) is 0 Å². The summed E-state index contributed by atoms with van der Waals surface area (Å²) in [6, 6.07) is 9.69. The Morgan fingerprint density at radius 1 is 1.40 bits per heavy atom. The largest absolute Gasteiger partial charge is 0.480 e. The Hall–Kier alpha value is -0.960. The quantitative estimate of drug-likeness (QED) is 0.780. The highest BCUT2D eigenvalue weighted by atomic mass is 32.2. The van der Waals surface area contributed by atoms with E-state index in [9.17, 15) is 4.79 Å². The van der Waals surface area contributed by atoms with Crippen molar-refractivity contribution < 1.29 is 9.90 Å². The Labute approximate surface area is 94.7 Å². The Morgan fingerprint density at radius 2 is 2.00 bits per heavy atom. The molecule has 2 unspecified atom stereocenters. The van der Waals surface area contributed by atoms with Crippen LogP contribution in [0.5, 0.6) is 0 Å². The number of thioether (sulfide) groups is 1. The van der Waals surface area contributed by atoms with Crippen LogP contribution >= 0.6 is 11.8 Å². The number of rotatable bonds is 5. The molecule has 0 spiro atoms. The normalized spacial score (nSPS) is 14.5. The summed E-state index contributed by atoms with van der Waals surface area (Å²) in [4.78, 5) is 12.1. The molecule has 82 valence electrons. The lowest BCUT2D eigenvalue weighted by atomic mass is 10.1. The van der Waals surface area contributed by atoms with Gasteiger partial charge in [0.1, 0.15) is 5.25 Å². The van der Waals surface area contributed by atoms with Crippen LogP contribution in [0.3, 0.4) is 0 Å². The zero-order valence-electron chi connectivity index (χ0n) is 9.01. The zero-order chi connectivity index (χ0) is 11.3. The van der Waals surface area contributed by atoms with Gasteiger partial charge in [0.05, 0.1) is 0 Å². The summed E-state index contributed by atoms with van der Waals surface area (Å²) in [5.41, 5.74) is 0. The standard InChI is InChI=1S/C12H16O2S/c1-3-9(2)11(12(13)14)15-10-7-5-4-6-8-10/h4-9,11H,3H2,1-2H3,(H,13,14). The van der Waals surface area contributed by atoms with Crippen molar-refractivity contribution in [2.45, 2.75) is 30.4 Å². The molecule has 0 aliphatic carbocycles. The number of benzene rings is 1. The molecule has 3 heteroatoms. The predicted octanol–water partition coefficient (Wildman–Crippen LogP) is 3.28. The molecule has 1 rings (SSSR count). The SMILES string of the molecule is CCC(C)C(Sc1ccccc1)C(=O)O. The number of aliphatic carboxylic acids is 1. The van der Waals surface area contributed by atoms with Crippen LogP contribution in [0.4, 0.5) is 0 Å². The van der Waals surface area contributed by atoms with Crippen molar-refractivity contribution in [3.63, 3.8) is 0 Å². The second-order valence-corrected chi connectivity index (χ2v) is 4.79. The number of hydrogen-bond acceptors (Lipinski definition) is 2. The van der Waals surface area contributed by atoms with E-state index < -0.39 is 5.97 Å². The molecule has 0 heterocycles. The van der Waals surface area contributed by atoms with E-state index in [-0.39, 0.29) is 11.2 Å². The highest BCUT2D eigenvalue weighted by Gasteiger charge is 2.24. The zero-order valence-corrected chi connectivity index (χ0v) is 9.83. The Kier molecular flexibility index (Phi) is 4.69. The Balaban J connectivity index is 2.71. The molecule has 1 aromatic rings. The molecule has 15 heavy (non-hydrogen) atoms. The van der Waals surface area contributed by atoms with Crippen LogP contribution in [0, 0.1) is 5.92 Å². The predicted molar refractivity (Wildman–Crippen MR) is 63.2 cm³/mol. The van der Waals surface area contributed by atoms with Crippen LogP contribution in [0.2, 0.25) is 0 Å². The molecule has 1 aromatic carbocycles. The van der Waals surface area contributed by atoms with E-state index in [4.69, 9.17) is 5.11 Å². The second kappa shape index (κ2) is 5.81. The van der Waals surface area contributed by atoms with Crippen molar-refractivity contribution in [3.05, 3.63) is 30.3 Å². The third-order valence-electron chi connectivity index (χ3n) is 2.41. The van der Waals surface area contributed by atoms with E-state index in [2.05, 4.69) is 0 Å². The lowest BCUT2D eigenvalue weighted by Crippen LogP contribution is -2.23. The monoisotopic (exact) mass is 224 g/mol. The van der Waals surface area contributed by atoms with Crippen molar-refractivity contribution in [2.75, 3.05) is 0 Å². The molecule has 0 aliphatic heterocycles. The van der Waals surface area contributed by atoms with Gasteiger partial charge >= 0.3 is 5.97 Å². The van der Waals surface area contributed by atoms with Crippen molar-refractivity contribution in [3.8, 4) is 0 Å². The number of hydrogen-bond donors (Lipinski definition) is 1. The molecule has 0 fully saturated rings. The van der Waals surface area contributed by atoms with Gasteiger partial charge in [-0.15, -0.1) is 11.8 Å². The molecule has 1 N–H and O–H groups in total. The van der Waals surface area contributed by atoms with Gasteiger partial charge in [-0.2, -0.15) is 0 Å². The van der Waals surface area contributed by atoms with Crippen LogP contribution in [-0.2, 0) is 4.79 Å². The highest BCUT2D eigenvalue weighted by molar-refractivity contribution is 8.00. The summed E-state index contributed by atoms with van der Waals surface area (Å²) in [5.74, 6) is -0.536. The van der Waals surface area contributed by atoms with E-state index in [0.29, 0.717) is 0 Å². The molecule has 0 saturated heterocycles. The summed E-state index contributed by atoms with van der Waals surface area (Å²) in [5, 5.41) is 8.77. The first-order valence-electron chi connectivity index (χ1n) is 5.09. The second-order valence-electron chi connectivity index (χ2n) is 3.58. The minimum Gasteiger partial charge on any atom is -0.480 e. The van der Waals surface area contributed by atoms with Gasteiger partial charge in [-0.3, -0.25) is 4.79 Å². The maximum atomic E-state index is 11.1. The fourth-order valence-electron chi connectivity index (χ4n) is 1.27. The molecule has 0 amide bonds.